The average Bonchev–Trinajstić information content (AvgIpc) is 3.09. The van der Waals surface area contributed by atoms with E-state index in [1.54, 1.807) is 11.3 Å². The lowest BCUT2D eigenvalue weighted by molar-refractivity contribution is 0.413. The summed E-state index contributed by atoms with van der Waals surface area (Å²) in [7, 11) is -0.701. The molecular weight excluding hydrogens is 491 g/mol. The summed E-state index contributed by atoms with van der Waals surface area (Å²) in [6.07, 6.45) is 4.30. The van der Waals surface area contributed by atoms with E-state index >= 15 is 0 Å². The first kappa shape index (κ1) is 24.8. The fourth-order valence-electron chi connectivity index (χ4n) is 3.15. The van der Waals surface area contributed by atoms with Crippen LogP contribution in [0.2, 0.25) is 0 Å². The van der Waals surface area contributed by atoms with Crippen molar-refractivity contribution < 1.29 is 4.21 Å². The number of halogens is 1. The highest BCUT2D eigenvalue weighted by Crippen LogP contribution is 2.26. The number of hydrogen-bond donors (Lipinski definition) is 2. The lowest BCUT2D eigenvalue weighted by atomic mass is 9.95. The summed E-state index contributed by atoms with van der Waals surface area (Å²) < 4.78 is 12.1. The minimum absolute atomic E-state index is 0. The second kappa shape index (κ2) is 11.7. The quantitative estimate of drug-likeness (QED) is 0.332. The van der Waals surface area contributed by atoms with Crippen molar-refractivity contribution >= 4 is 52.1 Å². The molecule has 5 nitrogen and oxygen atoms in total. The molecule has 0 bridgehead atoms. The van der Waals surface area contributed by atoms with Gasteiger partial charge in [-0.05, 0) is 26.2 Å². The maximum absolute atomic E-state index is 12.1. The summed E-state index contributed by atoms with van der Waals surface area (Å²) in [6, 6.07) is 0.350. The van der Waals surface area contributed by atoms with Crippen molar-refractivity contribution in [2.75, 3.05) is 12.3 Å². The number of aliphatic imine (C=N–C) groups is 1. The Balaban J connectivity index is 0.00000364. The van der Waals surface area contributed by atoms with Crippen molar-refractivity contribution in [2.24, 2.45) is 4.99 Å². The highest BCUT2D eigenvalue weighted by atomic mass is 127. The topological polar surface area (TPSA) is 66.4 Å². The third-order valence-electron chi connectivity index (χ3n) is 4.56. The van der Waals surface area contributed by atoms with Gasteiger partial charge in [0.1, 0.15) is 0 Å². The molecule has 0 saturated heterocycles. The Bertz CT molecular complexity index is 627. The number of thiazole rings is 1. The number of hydrogen-bond acceptors (Lipinski definition) is 4. The van der Waals surface area contributed by atoms with E-state index in [0.29, 0.717) is 17.8 Å². The van der Waals surface area contributed by atoms with Crippen LogP contribution in [0.4, 0.5) is 0 Å². The molecule has 3 unspecified atom stereocenters. The molecule has 1 heterocycles. The zero-order valence-corrected chi connectivity index (χ0v) is 21.2. The van der Waals surface area contributed by atoms with Crippen LogP contribution in [0, 0.1) is 0 Å². The average molecular weight is 527 g/mol. The first-order chi connectivity index (χ1) is 12.3. The largest absolute Gasteiger partial charge is 0.357 e. The van der Waals surface area contributed by atoms with E-state index in [1.807, 2.05) is 6.92 Å². The molecule has 1 aromatic heterocycles. The van der Waals surface area contributed by atoms with Crippen molar-refractivity contribution in [2.45, 2.75) is 83.6 Å². The van der Waals surface area contributed by atoms with E-state index in [0.717, 1.165) is 54.6 Å². The van der Waals surface area contributed by atoms with Gasteiger partial charge in [-0.3, -0.25) is 4.21 Å². The van der Waals surface area contributed by atoms with Gasteiger partial charge < -0.3 is 10.6 Å². The van der Waals surface area contributed by atoms with Crippen molar-refractivity contribution in [1.29, 1.82) is 0 Å². The molecule has 2 rings (SSSR count). The normalized spacial score (nSPS) is 22.0. The molecule has 1 aromatic rings. The Kier molecular flexibility index (Phi) is 10.8. The van der Waals surface area contributed by atoms with Gasteiger partial charge in [-0.25, -0.2) is 9.98 Å². The predicted molar refractivity (Wildman–Crippen MR) is 129 cm³/mol. The number of nitrogens with one attached hydrogen (secondary N) is 2. The fourth-order valence-corrected chi connectivity index (χ4v) is 5.39. The van der Waals surface area contributed by atoms with Crippen LogP contribution in [-0.4, -0.2) is 38.7 Å². The molecule has 27 heavy (non-hydrogen) atoms. The van der Waals surface area contributed by atoms with E-state index in [1.165, 1.54) is 0 Å². The van der Waals surface area contributed by atoms with Crippen molar-refractivity contribution in [3.63, 3.8) is 0 Å². The molecule has 1 fully saturated rings. The molecule has 1 saturated carbocycles. The smallest absolute Gasteiger partial charge is 0.191 e. The Morgan fingerprint density at radius 1 is 1.37 bits per heavy atom. The van der Waals surface area contributed by atoms with Gasteiger partial charge in [-0.15, -0.1) is 35.3 Å². The second-order valence-electron chi connectivity index (χ2n) is 7.89. The molecular formula is C19H35IN4OS2. The van der Waals surface area contributed by atoms with Crippen LogP contribution in [0.25, 0.3) is 0 Å². The molecule has 0 spiro atoms. The first-order valence-corrected chi connectivity index (χ1v) is 12.0. The van der Waals surface area contributed by atoms with Crippen LogP contribution >= 0.6 is 35.3 Å². The predicted octanol–water partition coefficient (Wildman–Crippen LogP) is 4.19. The molecule has 1 aliphatic carbocycles. The van der Waals surface area contributed by atoms with Gasteiger partial charge in [0, 0.05) is 45.2 Å². The summed E-state index contributed by atoms with van der Waals surface area (Å²) in [4.78, 5) is 9.45. The standard InChI is InChI=1S/C19H34N4OS2.HI/c1-6-20-18(21-12-15-13-25-17(22-15)19(3,4)5)23-14-9-8-10-16(11-14)26(24)7-2;/h13-14,16H,6-12H2,1-5H3,(H2,20,21,23);1H. The molecule has 2 N–H and O–H groups in total. The van der Waals surface area contributed by atoms with Crippen LogP contribution in [0.1, 0.15) is 71.0 Å². The maximum atomic E-state index is 12.1. The third-order valence-corrected chi connectivity index (χ3v) is 7.62. The van der Waals surface area contributed by atoms with Gasteiger partial charge in [-0.2, -0.15) is 0 Å². The molecule has 0 aliphatic heterocycles. The summed E-state index contributed by atoms with van der Waals surface area (Å²) in [5, 5.41) is 10.5. The Hall–Kier alpha value is -0.220. The van der Waals surface area contributed by atoms with Gasteiger partial charge in [0.05, 0.1) is 17.2 Å². The van der Waals surface area contributed by atoms with Gasteiger partial charge in [0.2, 0.25) is 0 Å². The molecule has 3 atom stereocenters. The first-order valence-electron chi connectivity index (χ1n) is 9.70. The Morgan fingerprint density at radius 3 is 2.70 bits per heavy atom. The molecule has 0 radical (unpaired) electrons. The SMILES string of the molecule is CCNC(=NCc1csc(C(C)(C)C)n1)NC1CCCC(S(=O)CC)C1.I. The molecule has 156 valence electrons. The number of rotatable bonds is 6. The minimum atomic E-state index is -0.701. The second-order valence-corrected chi connectivity index (χ2v) is 10.8. The van der Waals surface area contributed by atoms with E-state index in [2.05, 4.69) is 43.7 Å². The van der Waals surface area contributed by atoms with Gasteiger partial charge >= 0.3 is 0 Å². The Morgan fingerprint density at radius 2 is 2.11 bits per heavy atom. The summed E-state index contributed by atoms with van der Waals surface area (Å²) >= 11 is 1.71. The van der Waals surface area contributed by atoms with Gasteiger partial charge in [0.25, 0.3) is 0 Å². The fraction of sp³-hybridized carbons (Fsp3) is 0.789. The monoisotopic (exact) mass is 526 g/mol. The van der Waals surface area contributed by atoms with Crippen LogP contribution in [0.3, 0.4) is 0 Å². The lowest BCUT2D eigenvalue weighted by Crippen LogP contribution is -2.46. The lowest BCUT2D eigenvalue weighted by Gasteiger charge is -2.30. The maximum Gasteiger partial charge on any atom is 0.191 e. The van der Waals surface area contributed by atoms with E-state index in [-0.39, 0.29) is 29.4 Å². The summed E-state index contributed by atoms with van der Waals surface area (Å²) in [5.74, 6) is 1.59. The van der Waals surface area contributed by atoms with Gasteiger partial charge in [0.15, 0.2) is 5.96 Å². The van der Waals surface area contributed by atoms with Crippen LogP contribution in [-0.2, 0) is 22.8 Å². The molecule has 0 amide bonds. The van der Waals surface area contributed by atoms with E-state index in [4.69, 9.17) is 9.98 Å². The number of guanidine groups is 1. The number of nitrogens with zero attached hydrogens (tertiary/aromatic N) is 2. The van der Waals surface area contributed by atoms with Crippen LogP contribution in [0.15, 0.2) is 10.4 Å². The van der Waals surface area contributed by atoms with Gasteiger partial charge in [-0.1, -0.05) is 34.1 Å². The highest BCUT2D eigenvalue weighted by molar-refractivity contribution is 14.0. The zero-order valence-electron chi connectivity index (χ0n) is 17.2. The van der Waals surface area contributed by atoms with Crippen molar-refractivity contribution in [1.82, 2.24) is 15.6 Å². The molecule has 8 heteroatoms. The van der Waals surface area contributed by atoms with Crippen molar-refractivity contribution in [3.05, 3.63) is 16.1 Å². The van der Waals surface area contributed by atoms with Crippen LogP contribution < -0.4 is 10.6 Å². The van der Waals surface area contributed by atoms with E-state index in [9.17, 15) is 4.21 Å². The number of aromatic nitrogens is 1. The summed E-state index contributed by atoms with van der Waals surface area (Å²) in [5.41, 5.74) is 1.10. The summed E-state index contributed by atoms with van der Waals surface area (Å²) in [6.45, 7) is 12.1. The highest BCUT2D eigenvalue weighted by Gasteiger charge is 2.26. The van der Waals surface area contributed by atoms with E-state index < -0.39 is 10.8 Å². The molecule has 0 aromatic carbocycles. The van der Waals surface area contributed by atoms with Crippen molar-refractivity contribution in [3.8, 4) is 0 Å². The minimum Gasteiger partial charge on any atom is -0.357 e. The zero-order chi connectivity index (χ0) is 19.2. The third kappa shape index (κ3) is 7.97. The molecule has 1 aliphatic rings. The Labute approximate surface area is 188 Å². The van der Waals surface area contributed by atoms with Crippen LogP contribution in [0.5, 0.6) is 0 Å².